The minimum atomic E-state index is -0.112. The number of anilines is 2. The Kier molecular flexibility index (Phi) is 4.82. The molecule has 0 aliphatic carbocycles. The molecule has 1 saturated heterocycles. The fourth-order valence-corrected chi connectivity index (χ4v) is 5.14. The highest BCUT2D eigenvalue weighted by Crippen LogP contribution is 2.35. The van der Waals surface area contributed by atoms with Gasteiger partial charge in [0.25, 0.3) is 5.91 Å². The molecule has 10 heteroatoms. The van der Waals surface area contributed by atoms with Gasteiger partial charge in [-0.2, -0.15) is 5.10 Å². The third kappa shape index (κ3) is 3.20. The average Bonchev–Trinajstić information content (AvgIpc) is 3.34. The third-order valence-electron chi connectivity index (χ3n) is 5.54. The molecule has 1 fully saturated rings. The molecular formula is C20H20N6O2S2. The van der Waals surface area contributed by atoms with Gasteiger partial charge in [0.1, 0.15) is 16.4 Å². The van der Waals surface area contributed by atoms with Crippen LogP contribution in [-0.2, 0) is 7.05 Å². The van der Waals surface area contributed by atoms with Crippen LogP contribution in [0.5, 0.6) is 0 Å². The molecule has 4 heterocycles. The molecule has 0 spiro atoms. The Balaban J connectivity index is 1.58. The summed E-state index contributed by atoms with van der Waals surface area (Å²) in [5, 5.41) is 5.62. The van der Waals surface area contributed by atoms with E-state index in [1.54, 1.807) is 13.2 Å². The van der Waals surface area contributed by atoms with Crippen molar-refractivity contribution in [2.75, 3.05) is 29.1 Å². The number of amides is 1. The van der Waals surface area contributed by atoms with Gasteiger partial charge < -0.3 is 9.80 Å². The monoisotopic (exact) mass is 440 g/mol. The van der Waals surface area contributed by atoms with Crippen LogP contribution in [0.25, 0.3) is 10.6 Å². The summed E-state index contributed by atoms with van der Waals surface area (Å²) in [4.78, 5) is 38.3. The number of hydrogen-bond donors (Lipinski definition) is 0. The maximum atomic E-state index is 13.5. The van der Waals surface area contributed by atoms with Gasteiger partial charge in [-0.15, -0.1) is 0 Å². The predicted octanol–water partition coefficient (Wildman–Crippen LogP) is 2.65. The number of carbonyl (C=O) groups is 1. The first kappa shape index (κ1) is 19.3. The maximum Gasteiger partial charge on any atom is 0.325 e. The van der Waals surface area contributed by atoms with E-state index < -0.39 is 0 Å². The largest absolute Gasteiger partial charge is 0.351 e. The number of carbonyl (C=O) groups excluding carboxylic acids is 1. The first-order valence-corrected chi connectivity index (χ1v) is 11.7. The molecule has 30 heavy (non-hydrogen) atoms. The fraction of sp³-hybridized carbons (Fsp3) is 0.350. The van der Waals surface area contributed by atoms with Crippen molar-refractivity contribution in [2.24, 2.45) is 7.05 Å². The number of rotatable bonds is 3. The van der Waals surface area contributed by atoms with Crippen molar-refractivity contribution in [3.05, 3.63) is 45.7 Å². The summed E-state index contributed by atoms with van der Waals surface area (Å²) in [5.41, 5.74) is 2.14. The van der Waals surface area contributed by atoms with Crippen LogP contribution < -0.4 is 14.7 Å². The minimum Gasteiger partial charge on any atom is -0.351 e. The highest BCUT2D eigenvalue weighted by molar-refractivity contribution is 7.98. The molecule has 1 atom stereocenters. The van der Waals surface area contributed by atoms with E-state index in [-0.39, 0.29) is 16.8 Å². The Hall–Kier alpha value is -2.72. The van der Waals surface area contributed by atoms with Crippen molar-refractivity contribution < 1.29 is 4.79 Å². The van der Waals surface area contributed by atoms with Gasteiger partial charge in [-0.1, -0.05) is 35.2 Å². The molecule has 5 rings (SSSR count). The summed E-state index contributed by atoms with van der Waals surface area (Å²) in [5.74, 6) is 0.641. The van der Waals surface area contributed by atoms with Crippen LogP contribution in [0.15, 0.2) is 40.4 Å². The van der Waals surface area contributed by atoms with Crippen molar-refractivity contribution in [1.29, 1.82) is 0 Å². The lowest BCUT2D eigenvalue weighted by Gasteiger charge is -2.27. The van der Waals surface area contributed by atoms with E-state index >= 15 is 0 Å². The van der Waals surface area contributed by atoms with Crippen LogP contribution in [-0.4, -0.2) is 51.0 Å². The lowest BCUT2D eigenvalue weighted by atomic mass is 10.1. The Morgan fingerprint density at radius 3 is 2.90 bits per heavy atom. The molecule has 0 N–H and O–H groups in total. The molecular weight excluding hydrogens is 420 g/mol. The first-order valence-electron chi connectivity index (χ1n) is 9.69. The highest BCUT2D eigenvalue weighted by atomic mass is 32.2. The molecule has 8 nitrogen and oxygen atoms in total. The smallest absolute Gasteiger partial charge is 0.325 e. The number of hydrogen-bond acceptors (Lipinski definition) is 8. The number of aryl methyl sites for hydroxylation is 1. The van der Waals surface area contributed by atoms with Crippen LogP contribution >= 0.6 is 23.1 Å². The highest BCUT2D eigenvalue weighted by Gasteiger charge is 2.37. The Morgan fingerprint density at radius 1 is 1.27 bits per heavy atom. The van der Waals surface area contributed by atoms with Gasteiger partial charge in [-0.3, -0.25) is 9.59 Å². The molecule has 0 unspecified atom stereocenters. The minimum absolute atomic E-state index is 0.0987. The van der Waals surface area contributed by atoms with Gasteiger partial charge in [0.05, 0.1) is 0 Å². The lowest BCUT2D eigenvalue weighted by molar-refractivity contribution is 0.0988. The van der Waals surface area contributed by atoms with Crippen molar-refractivity contribution in [3.63, 3.8) is 0 Å². The molecule has 2 aromatic heterocycles. The second-order valence-electron chi connectivity index (χ2n) is 7.35. The predicted molar refractivity (Wildman–Crippen MR) is 119 cm³/mol. The number of thioether (sulfide) groups is 1. The molecule has 2 aliphatic heterocycles. The molecule has 0 saturated carbocycles. The summed E-state index contributed by atoms with van der Waals surface area (Å²) in [6.45, 7) is 1.48. The van der Waals surface area contributed by atoms with Crippen molar-refractivity contribution in [3.8, 4) is 10.6 Å². The van der Waals surface area contributed by atoms with Gasteiger partial charge in [-0.05, 0) is 31.2 Å². The Labute approximate surface area is 181 Å². The van der Waals surface area contributed by atoms with Gasteiger partial charge in [0, 0.05) is 43.6 Å². The summed E-state index contributed by atoms with van der Waals surface area (Å²) in [7, 11) is 1.64. The second kappa shape index (κ2) is 7.51. The normalized spacial score (nSPS) is 18.3. The Morgan fingerprint density at radius 2 is 2.13 bits per heavy atom. The maximum absolute atomic E-state index is 13.5. The number of aromatic nitrogens is 4. The quantitative estimate of drug-likeness (QED) is 0.457. The van der Waals surface area contributed by atoms with E-state index in [0.717, 1.165) is 47.8 Å². The van der Waals surface area contributed by atoms with E-state index in [1.807, 2.05) is 35.4 Å². The van der Waals surface area contributed by atoms with Gasteiger partial charge in [-0.25, -0.2) is 14.6 Å². The van der Waals surface area contributed by atoms with Crippen LogP contribution in [0.3, 0.4) is 0 Å². The van der Waals surface area contributed by atoms with Gasteiger partial charge >= 0.3 is 4.87 Å². The van der Waals surface area contributed by atoms with Crippen molar-refractivity contribution >= 4 is 40.5 Å². The van der Waals surface area contributed by atoms with E-state index in [0.29, 0.717) is 22.3 Å². The molecule has 3 aromatic rings. The van der Waals surface area contributed by atoms with Crippen LogP contribution in [0.4, 0.5) is 11.5 Å². The standard InChI is InChI=1S/C20H20N6O2S2/c1-24-20(28)30-17(23-24)12-5-3-6-13(9-12)26-11-14-7-4-8-25(14)16-15(18(26)27)10-21-19(22-16)29-2/h3,5-6,9-10,14H,4,7-8,11H2,1-2H3/t14-/m0/s1. The molecule has 1 amide bonds. The summed E-state index contributed by atoms with van der Waals surface area (Å²) < 4.78 is 1.33. The summed E-state index contributed by atoms with van der Waals surface area (Å²) in [6, 6.07) is 7.88. The Bertz CT molecular complexity index is 1190. The van der Waals surface area contributed by atoms with E-state index in [2.05, 4.69) is 20.0 Å². The zero-order chi connectivity index (χ0) is 20.8. The van der Waals surface area contributed by atoms with Crippen LogP contribution in [0, 0.1) is 0 Å². The lowest BCUT2D eigenvalue weighted by Crippen LogP contribution is -2.39. The topological polar surface area (TPSA) is 84.2 Å². The van der Waals surface area contributed by atoms with Crippen LogP contribution in [0.1, 0.15) is 23.2 Å². The number of fused-ring (bicyclic) bond motifs is 3. The van der Waals surface area contributed by atoms with E-state index in [9.17, 15) is 9.59 Å². The van der Waals surface area contributed by atoms with Crippen LogP contribution in [0.2, 0.25) is 0 Å². The molecule has 1 aromatic carbocycles. The zero-order valence-corrected chi connectivity index (χ0v) is 18.2. The van der Waals surface area contributed by atoms with Gasteiger partial charge in [0.2, 0.25) is 0 Å². The number of nitrogens with zero attached hydrogens (tertiary/aromatic N) is 6. The summed E-state index contributed by atoms with van der Waals surface area (Å²) >= 11 is 2.57. The van der Waals surface area contributed by atoms with Crippen molar-refractivity contribution in [2.45, 2.75) is 24.0 Å². The van der Waals surface area contributed by atoms with Crippen molar-refractivity contribution in [1.82, 2.24) is 19.7 Å². The molecule has 154 valence electrons. The van der Waals surface area contributed by atoms with E-state index in [4.69, 9.17) is 0 Å². The second-order valence-corrected chi connectivity index (χ2v) is 9.06. The molecule has 0 radical (unpaired) electrons. The fourth-order valence-electron chi connectivity index (χ4n) is 4.06. The molecule has 0 bridgehead atoms. The van der Waals surface area contributed by atoms with Gasteiger partial charge in [0.15, 0.2) is 5.16 Å². The summed E-state index contributed by atoms with van der Waals surface area (Å²) in [6.07, 6.45) is 5.68. The average molecular weight is 441 g/mol. The number of benzene rings is 1. The first-order chi connectivity index (χ1) is 14.5. The molecule has 2 aliphatic rings. The third-order valence-corrected chi connectivity index (χ3v) is 7.05. The van der Waals surface area contributed by atoms with E-state index in [1.165, 1.54) is 16.4 Å². The zero-order valence-electron chi connectivity index (χ0n) is 16.6. The SMILES string of the molecule is CSc1ncc2c(n1)N1CCC[C@H]1CN(c1cccc(-c3nn(C)c(=O)s3)c1)C2=O.